The number of amides is 1. The van der Waals surface area contributed by atoms with Crippen LogP contribution in [0.25, 0.3) is 0 Å². The molecule has 0 fully saturated rings. The first-order valence-corrected chi connectivity index (χ1v) is 8.04. The summed E-state index contributed by atoms with van der Waals surface area (Å²) in [5, 5.41) is 7.91. The second-order valence-corrected chi connectivity index (χ2v) is 6.56. The largest absolute Gasteiger partial charge is 0.382 e. The van der Waals surface area contributed by atoms with Gasteiger partial charge in [-0.05, 0) is 6.92 Å². The summed E-state index contributed by atoms with van der Waals surface area (Å²) in [5.41, 5.74) is 5.66. The van der Waals surface area contributed by atoms with E-state index >= 15 is 0 Å². The highest BCUT2D eigenvalue weighted by atomic mass is 32.2. The first-order valence-electron chi connectivity index (χ1n) is 5.50. The van der Waals surface area contributed by atoms with Gasteiger partial charge in [-0.3, -0.25) is 4.79 Å². The van der Waals surface area contributed by atoms with E-state index < -0.39 is 15.9 Å². The van der Waals surface area contributed by atoms with Crippen molar-refractivity contribution >= 4 is 38.2 Å². The normalized spacial score (nSPS) is 11.3. The lowest BCUT2D eigenvalue weighted by molar-refractivity contribution is 0.0961. The minimum Gasteiger partial charge on any atom is -0.382 e. The summed E-state index contributed by atoms with van der Waals surface area (Å²) in [4.78, 5) is 18.0. The van der Waals surface area contributed by atoms with Gasteiger partial charge in [-0.2, -0.15) is 0 Å². The van der Waals surface area contributed by atoms with Gasteiger partial charge in [0.05, 0.1) is 5.75 Å². The molecule has 0 saturated carbocycles. The van der Waals surface area contributed by atoms with Crippen molar-refractivity contribution in [1.29, 1.82) is 0 Å². The van der Waals surface area contributed by atoms with Gasteiger partial charge >= 0.3 is 0 Å². The van der Waals surface area contributed by atoms with Crippen molar-refractivity contribution in [2.24, 2.45) is 5.14 Å². The number of primary sulfonamides is 1. The van der Waals surface area contributed by atoms with Crippen LogP contribution >= 0.6 is 11.3 Å². The zero-order chi connectivity index (χ0) is 14.6. The molecule has 1 heterocycles. The van der Waals surface area contributed by atoms with E-state index in [1.165, 1.54) is 0 Å². The molecule has 0 spiro atoms. The van der Waals surface area contributed by atoms with E-state index in [2.05, 4.69) is 10.3 Å². The van der Waals surface area contributed by atoms with Gasteiger partial charge in [0.1, 0.15) is 10.7 Å². The molecule has 1 aromatic heterocycles. The van der Waals surface area contributed by atoms with Crippen molar-refractivity contribution in [3.05, 3.63) is 4.88 Å². The average molecular weight is 307 g/mol. The van der Waals surface area contributed by atoms with E-state index in [0.717, 1.165) is 17.9 Å². The molecule has 0 bridgehead atoms. The number of nitrogens with one attached hydrogen (secondary N) is 1. The molecule has 0 atom stereocenters. The monoisotopic (exact) mass is 307 g/mol. The minimum absolute atomic E-state index is 0.0616. The summed E-state index contributed by atoms with van der Waals surface area (Å²) >= 11 is 1.16. The highest BCUT2D eigenvalue weighted by Gasteiger charge is 2.17. The Morgan fingerprint density at radius 3 is 2.68 bits per heavy atom. The predicted molar refractivity (Wildman–Crippen MR) is 75.8 cm³/mol. The number of aromatic nitrogens is 1. The molecule has 0 aliphatic carbocycles. The molecule has 0 aromatic carbocycles. The summed E-state index contributed by atoms with van der Waals surface area (Å²) in [6.45, 7) is 2.62. The Hall–Kier alpha value is -1.39. The Morgan fingerprint density at radius 2 is 2.16 bits per heavy atom. The first-order chi connectivity index (χ1) is 8.74. The first kappa shape index (κ1) is 15.7. The van der Waals surface area contributed by atoms with Gasteiger partial charge in [0.25, 0.3) is 5.91 Å². The van der Waals surface area contributed by atoms with Crippen molar-refractivity contribution in [2.45, 2.75) is 6.92 Å². The Balaban J connectivity index is 2.69. The van der Waals surface area contributed by atoms with Gasteiger partial charge in [0.15, 0.2) is 5.13 Å². The van der Waals surface area contributed by atoms with Crippen molar-refractivity contribution in [3.8, 4) is 0 Å². The molecular weight excluding hydrogens is 290 g/mol. The fourth-order valence-corrected chi connectivity index (χ4v) is 2.48. The molecule has 8 nitrogen and oxygen atoms in total. The minimum atomic E-state index is -3.59. The number of rotatable bonds is 6. The van der Waals surface area contributed by atoms with E-state index in [-0.39, 0.29) is 23.0 Å². The number of thiazole rings is 1. The number of hydrogen-bond donors (Lipinski definition) is 3. The molecular formula is C9H17N5O3S2. The predicted octanol–water partition coefficient (Wildman–Crippen LogP) is -0.800. The van der Waals surface area contributed by atoms with E-state index in [9.17, 15) is 13.2 Å². The highest BCUT2D eigenvalue weighted by molar-refractivity contribution is 7.89. The van der Waals surface area contributed by atoms with Crippen LogP contribution in [0, 0.1) is 0 Å². The molecule has 0 aliphatic heterocycles. The molecule has 1 aromatic rings. The quantitative estimate of drug-likeness (QED) is 0.630. The smallest absolute Gasteiger partial charge is 0.265 e. The van der Waals surface area contributed by atoms with Crippen LogP contribution < -0.4 is 21.1 Å². The zero-order valence-electron chi connectivity index (χ0n) is 10.7. The molecule has 19 heavy (non-hydrogen) atoms. The SMILES string of the molecule is CCN(C)c1nc(N)c(C(=O)NCCS(N)(=O)=O)s1. The van der Waals surface area contributed by atoms with Crippen LogP contribution in [0.3, 0.4) is 0 Å². The van der Waals surface area contributed by atoms with E-state index in [1.807, 2.05) is 18.9 Å². The Labute approximate surface area is 115 Å². The van der Waals surface area contributed by atoms with Crippen molar-refractivity contribution in [3.63, 3.8) is 0 Å². The van der Waals surface area contributed by atoms with Crippen LogP contribution in [-0.2, 0) is 10.0 Å². The lowest BCUT2D eigenvalue weighted by Gasteiger charge is -2.10. The lowest BCUT2D eigenvalue weighted by atomic mass is 10.4. The Bertz CT molecular complexity index is 554. The highest BCUT2D eigenvalue weighted by Crippen LogP contribution is 2.26. The summed E-state index contributed by atoms with van der Waals surface area (Å²) < 4.78 is 21.5. The summed E-state index contributed by atoms with van der Waals surface area (Å²) in [5.74, 6) is -0.637. The number of carbonyl (C=O) groups excluding carboxylic acids is 1. The Morgan fingerprint density at radius 1 is 1.53 bits per heavy atom. The van der Waals surface area contributed by atoms with Gasteiger partial charge < -0.3 is 16.0 Å². The van der Waals surface area contributed by atoms with Crippen molar-refractivity contribution < 1.29 is 13.2 Å². The second kappa shape index (κ2) is 6.17. The van der Waals surface area contributed by atoms with Gasteiger partial charge in [-0.1, -0.05) is 11.3 Å². The molecule has 0 saturated heterocycles. The molecule has 10 heteroatoms. The average Bonchev–Trinajstić information content (AvgIpc) is 2.68. The number of carbonyl (C=O) groups is 1. The molecule has 0 aliphatic rings. The molecule has 0 radical (unpaired) electrons. The maximum absolute atomic E-state index is 11.8. The van der Waals surface area contributed by atoms with Gasteiger partial charge in [0.2, 0.25) is 10.0 Å². The number of nitrogens with two attached hydrogens (primary N) is 2. The number of anilines is 2. The fourth-order valence-electron chi connectivity index (χ4n) is 1.17. The van der Waals surface area contributed by atoms with Crippen molar-refractivity contribution in [2.75, 3.05) is 36.5 Å². The number of nitrogens with zero attached hydrogens (tertiary/aromatic N) is 2. The van der Waals surface area contributed by atoms with Crippen LogP contribution in [0.5, 0.6) is 0 Å². The van der Waals surface area contributed by atoms with Crippen LogP contribution in [0.1, 0.15) is 16.6 Å². The van der Waals surface area contributed by atoms with Crippen LogP contribution in [0.4, 0.5) is 10.9 Å². The molecule has 108 valence electrons. The maximum atomic E-state index is 11.8. The maximum Gasteiger partial charge on any atom is 0.265 e. The van der Waals surface area contributed by atoms with Crippen LogP contribution in [0.15, 0.2) is 0 Å². The topological polar surface area (TPSA) is 131 Å². The number of sulfonamides is 1. The van der Waals surface area contributed by atoms with Crippen LogP contribution in [-0.4, -0.2) is 45.2 Å². The van der Waals surface area contributed by atoms with Gasteiger partial charge in [0, 0.05) is 20.1 Å². The number of hydrogen-bond acceptors (Lipinski definition) is 7. The van der Waals surface area contributed by atoms with E-state index in [1.54, 1.807) is 0 Å². The fraction of sp³-hybridized carbons (Fsp3) is 0.556. The third-order valence-corrected chi connectivity index (χ3v) is 4.28. The third-order valence-electron chi connectivity index (χ3n) is 2.32. The van der Waals surface area contributed by atoms with E-state index in [4.69, 9.17) is 10.9 Å². The molecule has 1 amide bonds. The van der Waals surface area contributed by atoms with Gasteiger partial charge in [-0.15, -0.1) is 0 Å². The second-order valence-electron chi connectivity index (χ2n) is 3.85. The Kier molecular flexibility index (Phi) is 5.09. The molecule has 1 rings (SSSR count). The molecule has 0 unspecified atom stereocenters. The molecule has 5 N–H and O–H groups in total. The van der Waals surface area contributed by atoms with E-state index in [0.29, 0.717) is 5.13 Å². The lowest BCUT2D eigenvalue weighted by Crippen LogP contribution is -2.31. The zero-order valence-corrected chi connectivity index (χ0v) is 12.3. The summed E-state index contributed by atoms with van der Waals surface area (Å²) in [7, 11) is -1.76. The number of nitrogen functional groups attached to an aromatic ring is 1. The summed E-state index contributed by atoms with van der Waals surface area (Å²) in [6.07, 6.45) is 0. The standard InChI is InChI=1S/C9H17N5O3S2/c1-3-14(2)9-13-7(10)6(18-9)8(15)12-4-5-19(11,16)17/h3-5,10H2,1-2H3,(H,12,15)(H2,11,16,17). The van der Waals surface area contributed by atoms with Crippen molar-refractivity contribution in [1.82, 2.24) is 10.3 Å². The van der Waals surface area contributed by atoms with Crippen LogP contribution in [0.2, 0.25) is 0 Å². The van der Waals surface area contributed by atoms with Gasteiger partial charge in [-0.25, -0.2) is 18.5 Å². The summed E-state index contributed by atoms with van der Waals surface area (Å²) in [6, 6.07) is 0. The third kappa shape index (κ3) is 4.65.